The molecule has 2 aromatic carbocycles. The van der Waals surface area contributed by atoms with Crippen LogP contribution in [0.5, 0.6) is 0 Å². The number of fused-ring (bicyclic) bond motifs is 2. The van der Waals surface area contributed by atoms with E-state index in [9.17, 15) is 4.79 Å². The number of H-pyrrole nitrogens is 1. The fourth-order valence-corrected chi connectivity index (χ4v) is 3.40. The number of nitrogens with one attached hydrogen (secondary N) is 1. The van der Waals surface area contributed by atoms with Gasteiger partial charge in [-0.1, -0.05) is 30.3 Å². The third kappa shape index (κ3) is 1.66. The first-order chi connectivity index (χ1) is 9.83. The van der Waals surface area contributed by atoms with E-state index in [0.29, 0.717) is 5.39 Å². The second-order valence-corrected chi connectivity index (χ2v) is 5.60. The summed E-state index contributed by atoms with van der Waals surface area (Å²) < 4.78 is 0.966. The summed E-state index contributed by atoms with van der Waals surface area (Å²) in [6.07, 6.45) is 1.91. The van der Waals surface area contributed by atoms with Crippen LogP contribution in [0, 0.1) is 0 Å². The van der Waals surface area contributed by atoms with Crippen LogP contribution in [0.2, 0.25) is 0 Å². The zero-order valence-electron chi connectivity index (χ0n) is 10.5. The standard InChI is InChI=1S/C16H10N2OS/c19-15-11-6-2-4-8-14(11)20-16(18-15)12-9-17-13-7-3-1-5-10(12)13/h1-9,17H. The van der Waals surface area contributed by atoms with Crippen molar-refractivity contribution in [3.63, 3.8) is 0 Å². The largest absolute Gasteiger partial charge is 0.360 e. The molecule has 3 nitrogen and oxygen atoms in total. The lowest BCUT2D eigenvalue weighted by atomic mass is 10.2. The number of rotatable bonds is 1. The summed E-state index contributed by atoms with van der Waals surface area (Å²) in [6, 6.07) is 15.6. The molecule has 0 spiro atoms. The maximum atomic E-state index is 12.1. The Balaban J connectivity index is 2.05. The number of benzene rings is 2. The van der Waals surface area contributed by atoms with Crippen LogP contribution < -0.4 is 5.56 Å². The molecule has 4 rings (SSSR count). The SMILES string of the molecule is O=c1nc(-c2c[nH]c3ccccc23)sc2ccccc12. The van der Waals surface area contributed by atoms with E-state index >= 15 is 0 Å². The summed E-state index contributed by atoms with van der Waals surface area (Å²) >= 11 is 1.54. The average Bonchev–Trinajstić information content (AvgIpc) is 2.91. The molecule has 1 N–H and O–H groups in total. The smallest absolute Gasteiger partial charge is 0.279 e. The fraction of sp³-hybridized carbons (Fsp3) is 0. The Hall–Kier alpha value is -2.46. The Kier molecular flexibility index (Phi) is 2.44. The molecule has 0 saturated heterocycles. The van der Waals surface area contributed by atoms with Crippen molar-refractivity contribution in [2.24, 2.45) is 0 Å². The molecule has 0 saturated carbocycles. The highest BCUT2D eigenvalue weighted by Crippen LogP contribution is 2.31. The van der Waals surface area contributed by atoms with Crippen molar-refractivity contribution in [1.29, 1.82) is 0 Å². The Morgan fingerprint density at radius 2 is 1.70 bits per heavy atom. The highest BCUT2D eigenvalue weighted by molar-refractivity contribution is 7.21. The molecule has 20 heavy (non-hydrogen) atoms. The minimum absolute atomic E-state index is 0.167. The van der Waals surface area contributed by atoms with Gasteiger partial charge in [-0.05, 0) is 18.2 Å². The third-order valence-corrected chi connectivity index (χ3v) is 4.43. The molecule has 2 heterocycles. The Bertz CT molecular complexity index is 984. The maximum Gasteiger partial charge on any atom is 0.279 e. The summed E-state index contributed by atoms with van der Waals surface area (Å²) in [5.74, 6) is 0. The third-order valence-electron chi connectivity index (χ3n) is 3.35. The lowest BCUT2D eigenvalue weighted by Gasteiger charge is -2.00. The number of nitrogens with zero attached hydrogens (tertiary/aromatic N) is 1. The van der Waals surface area contributed by atoms with Gasteiger partial charge in [0.15, 0.2) is 0 Å². The summed E-state index contributed by atoms with van der Waals surface area (Å²) in [6.45, 7) is 0. The van der Waals surface area contributed by atoms with Crippen molar-refractivity contribution in [3.8, 4) is 10.6 Å². The molecular formula is C16H10N2OS. The molecule has 0 aliphatic rings. The van der Waals surface area contributed by atoms with Gasteiger partial charge in [0.05, 0.1) is 5.39 Å². The van der Waals surface area contributed by atoms with Gasteiger partial charge in [-0.25, -0.2) is 0 Å². The Morgan fingerprint density at radius 3 is 2.60 bits per heavy atom. The molecule has 0 aliphatic carbocycles. The van der Waals surface area contributed by atoms with Gasteiger partial charge in [0.2, 0.25) is 0 Å². The molecule has 0 fully saturated rings. The number of hydrogen-bond donors (Lipinski definition) is 1. The van der Waals surface area contributed by atoms with Crippen LogP contribution in [-0.4, -0.2) is 9.97 Å². The topological polar surface area (TPSA) is 45.8 Å². The lowest BCUT2D eigenvalue weighted by molar-refractivity contribution is 1.31. The van der Waals surface area contributed by atoms with Crippen molar-refractivity contribution in [3.05, 3.63) is 65.1 Å². The van der Waals surface area contributed by atoms with Gasteiger partial charge in [-0.2, -0.15) is 4.98 Å². The highest BCUT2D eigenvalue weighted by Gasteiger charge is 2.10. The summed E-state index contributed by atoms with van der Waals surface area (Å²) in [4.78, 5) is 19.6. The minimum Gasteiger partial charge on any atom is -0.360 e. The first kappa shape index (κ1) is 11.4. The van der Waals surface area contributed by atoms with Crippen molar-refractivity contribution < 1.29 is 0 Å². The Morgan fingerprint density at radius 1 is 0.950 bits per heavy atom. The summed E-state index contributed by atoms with van der Waals surface area (Å²) in [7, 11) is 0. The molecule has 4 aromatic rings. The molecule has 96 valence electrons. The van der Waals surface area contributed by atoms with Crippen LogP contribution in [0.15, 0.2) is 59.5 Å². The summed E-state index contributed by atoms with van der Waals surface area (Å²) in [5, 5.41) is 2.53. The predicted molar refractivity (Wildman–Crippen MR) is 83.2 cm³/mol. The summed E-state index contributed by atoms with van der Waals surface area (Å²) in [5.41, 5.74) is 1.87. The van der Waals surface area contributed by atoms with Crippen LogP contribution in [0.3, 0.4) is 0 Å². The zero-order valence-corrected chi connectivity index (χ0v) is 11.3. The normalized spacial score (nSPS) is 11.2. The van der Waals surface area contributed by atoms with E-state index in [0.717, 1.165) is 26.2 Å². The van der Waals surface area contributed by atoms with Crippen molar-refractivity contribution in [2.45, 2.75) is 0 Å². The second-order valence-electron chi connectivity index (χ2n) is 4.57. The van der Waals surface area contributed by atoms with E-state index < -0.39 is 0 Å². The molecule has 0 bridgehead atoms. The van der Waals surface area contributed by atoms with E-state index in [2.05, 4.69) is 9.97 Å². The van der Waals surface area contributed by atoms with E-state index in [1.54, 1.807) is 11.3 Å². The van der Waals surface area contributed by atoms with E-state index in [1.807, 2.05) is 54.7 Å². The fourth-order valence-electron chi connectivity index (χ4n) is 2.38. The second kappa shape index (κ2) is 4.28. The molecule has 0 radical (unpaired) electrons. The Labute approximate surface area is 118 Å². The first-order valence-corrected chi connectivity index (χ1v) is 7.11. The lowest BCUT2D eigenvalue weighted by Crippen LogP contribution is -2.05. The minimum atomic E-state index is -0.167. The number of hydrogen-bond acceptors (Lipinski definition) is 3. The number of aromatic nitrogens is 2. The van der Waals surface area contributed by atoms with Crippen molar-refractivity contribution in [2.75, 3.05) is 0 Å². The van der Waals surface area contributed by atoms with Crippen LogP contribution in [0.4, 0.5) is 0 Å². The van der Waals surface area contributed by atoms with Crippen LogP contribution >= 0.6 is 11.3 Å². The first-order valence-electron chi connectivity index (χ1n) is 6.29. The van der Waals surface area contributed by atoms with Gasteiger partial charge in [-0.15, -0.1) is 11.3 Å². The van der Waals surface area contributed by atoms with Gasteiger partial charge < -0.3 is 4.98 Å². The molecule has 0 unspecified atom stereocenters. The molecule has 0 aliphatic heterocycles. The molecule has 0 amide bonds. The number of para-hydroxylation sites is 1. The monoisotopic (exact) mass is 278 g/mol. The maximum absolute atomic E-state index is 12.1. The average molecular weight is 278 g/mol. The van der Waals surface area contributed by atoms with Crippen LogP contribution in [0.1, 0.15) is 0 Å². The predicted octanol–water partition coefficient (Wildman–Crippen LogP) is 3.80. The van der Waals surface area contributed by atoms with E-state index in [-0.39, 0.29) is 5.56 Å². The van der Waals surface area contributed by atoms with Gasteiger partial charge in [0, 0.05) is 27.4 Å². The van der Waals surface area contributed by atoms with Crippen molar-refractivity contribution >= 4 is 32.3 Å². The molecule has 4 heteroatoms. The van der Waals surface area contributed by atoms with Gasteiger partial charge >= 0.3 is 0 Å². The van der Waals surface area contributed by atoms with Crippen LogP contribution in [0.25, 0.3) is 31.6 Å². The zero-order chi connectivity index (χ0) is 13.5. The molecule has 2 aromatic heterocycles. The quantitative estimate of drug-likeness (QED) is 0.575. The van der Waals surface area contributed by atoms with E-state index in [4.69, 9.17) is 0 Å². The van der Waals surface area contributed by atoms with Gasteiger partial charge in [0.1, 0.15) is 5.01 Å². The molecular weight excluding hydrogens is 268 g/mol. The number of aromatic amines is 1. The van der Waals surface area contributed by atoms with E-state index in [1.165, 1.54) is 0 Å². The van der Waals surface area contributed by atoms with Crippen molar-refractivity contribution in [1.82, 2.24) is 9.97 Å². The van der Waals surface area contributed by atoms with Gasteiger partial charge in [0.25, 0.3) is 5.56 Å². The highest BCUT2D eigenvalue weighted by atomic mass is 32.1. The van der Waals surface area contributed by atoms with Gasteiger partial charge in [-0.3, -0.25) is 4.79 Å². The molecule has 0 atom stereocenters. The van der Waals surface area contributed by atoms with Crippen LogP contribution in [-0.2, 0) is 0 Å².